The zero-order valence-corrected chi connectivity index (χ0v) is 14.1. The van der Waals surface area contributed by atoms with E-state index < -0.39 is 0 Å². The van der Waals surface area contributed by atoms with Crippen LogP contribution < -0.4 is 9.47 Å². The van der Waals surface area contributed by atoms with Gasteiger partial charge in [-0.2, -0.15) is 0 Å². The van der Waals surface area contributed by atoms with Crippen LogP contribution in [0.1, 0.15) is 21.5 Å². The van der Waals surface area contributed by atoms with Gasteiger partial charge in [0.2, 0.25) is 6.79 Å². The molecule has 0 saturated carbocycles. The van der Waals surface area contributed by atoms with Gasteiger partial charge in [0, 0.05) is 33.8 Å². The Morgan fingerprint density at radius 2 is 1.83 bits per heavy atom. The maximum Gasteiger partial charge on any atom is 0.231 e. The van der Waals surface area contributed by atoms with Crippen LogP contribution in [0.25, 0.3) is 10.9 Å². The van der Waals surface area contributed by atoms with Crippen molar-refractivity contribution in [2.75, 3.05) is 6.79 Å². The average molecular weight is 360 g/mol. The number of aryl methyl sites for hydroxylation is 1. The topological polar surface area (TPSA) is 48.4 Å². The number of fused-ring (bicyclic) bond motifs is 2. The van der Waals surface area contributed by atoms with Crippen molar-refractivity contribution in [3.8, 4) is 11.5 Å². The largest absolute Gasteiger partial charge is 0.454 e. The highest BCUT2D eigenvalue weighted by Crippen LogP contribution is 2.37. The molecule has 1 aliphatic rings. The number of carbonyl (C=O) groups excluding carboxylic acids is 1. The summed E-state index contributed by atoms with van der Waals surface area (Å²) in [6, 6.07) is 8.48. The fourth-order valence-corrected chi connectivity index (χ4v) is 3.14. The Bertz CT molecular complexity index is 1000. The van der Waals surface area contributed by atoms with Crippen LogP contribution in [0.2, 0.25) is 10.0 Å². The molecule has 2 aromatic carbocycles. The van der Waals surface area contributed by atoms with Gasteiger partial charge in [-0.3, -0.25) is 9.78 Å². The molecule has 0 saturated heterocycles. The highest BCUT2D eigenvalue weighted by molar-refractivity contribution is 6.37. The van der Waals surface area contributed by atoms with Gasteiger partial charge in [-0.1, -0.05) is 23.2 Å². The van der Waals surface area contributed by atoms with E-state index in [2.05, 4.69) is 4.98 Å². The summed E-state index contributed by atoms with van der Waals surface area (Å²) in [7, 11) is 0. The summed E-state index contributed by atoms with van der Waals surface area (Å²) in [6.07, 6.45) is 1.55. The quantitative estimate of drug-likeness (QED) is 0.616. The van der Waals surface area contributed by atoms with Crippen LogP contribution in [0.5, 0.6) is 11.5 Å². The van der Waals surface area contributed by atoms with Gasteiger partial charge in [-0.05, 0) is 36.8 Å². The number of nitrogens with zero attached hydrogens (tertiary/aromatic N) is 1. The second kappa shape index (κ2) is 5.65. The smallest absolute Gasteiger partial charge is 0.231 e. The van der Waals surface area contributed by atoms with Crippen LogP contribution in [-0.2, 0) is 0 Å². The molecule has 0 radical (unpaired) electrons. The minimum atomic E-state index is -0.216. The van der Waals surface area contributed by atoms with Crippen LogP contribution in [0.15, 0.2) is 36.5 Å². The van der Waals surface area contributed by atoms with Crippen molar-refractivity contribution in [1.82, 2.24) is 4.98 Å². The normalized spacial score (nSPS) is 12.6. The molecule has 0 N–H and O–H groups in total. The molecule has 1 aromatic heterocycles. The maximum absolute atomic E-state index is 12.9. The first kappa shape index (κ1) is 15.2. The number of hydrogen-bond donors (Lipinski definition) is 0. The summed E-state index contributed by atoms with van der Waals surface area (Å²) >= 11 is 12.1. The average Bonchev–Trinajstić information content (AvgIpc) is 3.03. The summed E-state index contributed by atoms with van der Waals surface area (Å²) in [5.74, 6) is 1.09. The lowest BCUT2D eigenvalue weighted by Gasteiger charge is -2.10. The summed E-state index contributed by atoms with van der Waals surface area (Å²) in [5.41, 5.74) is 2.38. The van der Waals surface area contributed by atoms with Gasteiger partial charge in [0.15, 0.2) is 17.3 Å². The van der Waals surface area contributed by atoms with Crippen molar-refractivity contribution >= 4 is 39.9 Å². The second-order valence-corrected chi connectivity index (χ2v) is 6.32. The Hall–Kier alpha value is -2.30. The highest BCUT2D eigenvalue weighted by atomic mass is 35.5. The second-order valence-electron chi connectivity index (χ2n) is 5.47. The molecule has 120 valence electrons. The van der Waals surface area contributed by atoms with Crippen LogP contribution in [0.4, 0.5) is 0 Å². The maximum atomic E-state index is 12.9. The minimum absolute atomic E-state index is 0.189. The molecule has 0 amide bonds. The summed E-state index contributed by atoms with van der Waals surface area (Å²) < 4.78 is 10.8. The van der Waals surface area contributed by atoms with Crippen LogP contribution in [0.3, 0.4) is 0 Å². The zero-order chi connectivity index (χ0) is 16.8. The third-order valence-electron chi connectivity index (χ3n) is 4.05. The van der Waals surface area contributed by atoms with Gasteiger partial charge < -0.3 is 9.47 Å². The fourth-order valence-electron chi connectivity index (χ4n) is 2.76. The van der Waals surface area contributed by atoms with Gasteiger partial charge in [0.05, 0.1) is 10.5 Å². The molecular weight excluding hydrogens is 349 g/mol. The third-order valence-corrected chi connectivity index (χ3v) is 4.61. The van der Waals surface area contributed by atoms with Gasteiger partial charge in [-0.25, -0.2) is 0 Å². The first-order chi connectivity index (χ1) is 11.5. The Morgan fingerprint density at radius 1 is 1.08 bits per heavy atom. The molecule has 24 heavy (non-hydrogen) atoms. The predicted molar refractivity (Wildman–Crippen MR) is 92.5 cm³/mol. The number of hydrogen-bond acceptors (Lipinski definition) is 4. The van der Waals surface area contributed by atoms with E-state index in [0.29, 0.717) is 32.7 Å². The first-order valence-corrected chi connectivity index (χ1v) is 7.99. The van der Waals surface area contributed by atoms with E-state index in [1.165, 1.54) is 0 Å². The Labute approximate surface area is 147 Å². The van der Waals surface area contributed by atoms with E-state index in [1.54, 1.807) is 24.4 Å². The van der Waals surface area contributed by atoms with Crippen molar-refractivity contribution in [1.29, 1.82) is 0 Å². The molecule has 6 heteroatoms. The van der Waals surface area contributed by atoms with Crippen molar-refractivity contribution < 1.29 is 14.3 Å². The molecule has 2 heterocycles. The molecule has 4 nitrogen and oxygen atoms in total. The van der Waals surface area contributed by atoms with Crippen molar-refractivity contribution in [3.05, 3.63) is 63.3 Å². The van der Waals surface area contributed by atoms with E-state index in [0.717, 1.165) is 16.5 Å². The molecule has 0 aliphatic carbocycles. The molecule has 0 atom stereocenters. The summed E-state index contributed by atoms with van der Waals surface area (Å²) in [5, 5.41) is 1.65. The molecule has 0 fully saturated rings. The monoisotopic (exact) mass is 359 g/mol. The SMILES string of the molecule is Cc1c(C(=O)c2cc(Cl)ccc2Cl)cnc2cc3c(cc12)OCO3. The van der Waals surface area contributed by atoms with Crippen LogP contribution in [-0.4, -0.2) is 17.6 Å². The van der Waals surface area contributed by atoms with Crippen molar-refractivity contribution in [2.24, 2.45) is 0 Å². The molecule has 4 rings (SSSR count). The predicted octanol–water partition coefficient (Wildman–Crippen LogP) is 4.81. The highest BCUT2D eigenvalue weighted by Gasteiger charge is 2.20. The number of halogens is 2. The van der Waals surface area contributed by atoms with E-state index in [4.69, 9.17) is 32.7 Å². The molecule has 3 aromatic rings. The summed E-state index contributed by atoms with van der Waals surface area (Å²) in [6.45, 7) is 2.06. The number of ketones is 1. The molecule has 0 spiro atoms. The lowest BCUT2D eigenvalue weighted by Crippen LogP contribution is -2.06. The third kappa shape index (κ3) is 2.39. The van der Waals surface area contributed by atoms with Gasteiger partial charge in [0.1, 0.15) is 0 Å². The minimum Gasteiger partial charge on any atom is -0.454 e. The Morgan fingerprint density at radius 3 is 2.62 bits per heavy atom. The number of rotatable bonds is 2. The number of ether oxygens (including phenoxy) is 2. The molecule has 1 aliphatic heterocycles. The number of aromatic nitrogens is 1. The van der Waals surface area contributed by atoms with E-state index in [-0.39, 0.29) is 12.6 Å². The zero-order valence-electron chi connectivity index (χ0n) is 12.6. The lowest BCUT2D eigenvalue weighted by atomic mass is 9.97. The lowest BCUT2D eigenvalue weighted by molar-refractivity contribution is 0.103. The number of benzene rings is 2. The van der Waals surface area contributed by atoms with Gasteiger partial charge >= 0.3 is 0 Å². The van der Waals surface area contributed by atoms with Crippen LogP contribution >= 0.6 is 23.2 Å². The molecule has 0 bridgehead atoms. The Kier molecular flexibility index (Phi) is 3.59. The van der Waals surface area contributed by atoms with Crippen molar-refractivity contribution in [3.63, 3.8) is 0 Å². The Balaban J connectivity index is 1.88. The fraction of sp³-hybridized carbons (Fsp3) is 0.111. The molecular formula is C18H11Cl2NO3. The standard InChI is InChI=1S/C18H11Cl2NO3/c1-9-11-5-16-17(24-8-23-16)6-15(11)21-7-13(9)18(22)12-4-10(19)2-3-14(12)20/h2-7H,8H2,1H3. The number of pyridine rings is 1. The molecule has 0 unspecified atom stereocenters. The van der Waals surface area contributed by atoms with Gasteiger partial charge in [-0.15, -0.1) is 0 Å². The van der Waals surface area contributed by atoms with Crippen LogP contribution in [0, 0.1) is 6.92 Å². The van der Waals surface area contributed by atoms with Crippen molar-refractivity contribution in [2.45, 2.75) is 6.92 Å². The first-order valence-electron chi connectivity index (χ1n) is 7.23. The van der Waals surface area contributed by atoms with E-state index in [9.17, 15) is 4.79 Å². The van der Waals surface area contributed by atoms with E-state index >= 15 is 0 Å². The van der Waals surface area contributed by atoms with E-state index in [1.807, 2.05) is 19.1 Å². The summed E-state index contributed by atoms with van der Waals surface area (Å²) in [4.78, 5) is 17.3. The number of carbonyl (C=O) groups is 1. The van der Waals surface area contributed by atoms with Gasteiger partial charge in [0.25, 0.3) is 0 Å².